The van der Waals surface area contributed by atoms with E-state index in [1.54, 1.807) is 4.90 Å². The van der Waals surface area contributed by atoms with Crippen molar-refractivity contribution in [3.63, 3.8) is 0 Å². The maximum absolute atomic E-state index is 14.0. The molecule has 3 fully saturated rings. The number of benzene rings is 2. The van der Waals surface area contributed by atoms with Crippen LogP contribution in [0.1, 0.15) is 55.2 Å². The molecule has 1 atom stereocenters. The second-order valence-electron chi connectivity index (χ2n) is 13.1. The Bertz CT molecular complexity index is 1350. The van der Waals surface area contributed by atoms with Crippen molar-refractivity contribution in [3.05, 3.63) is 64.2 Å². The number of halogens is 1. The number of para-hydroxylation sites is 1. The summed E-state index contributed by atoms with van der Waals surface area (Å²) in [5.74, 6) is 1.53. The molecule has 236 valence electrons. The number of piperidine rings is 3. The Hall–Kier alpha value is -3.14. The summed E-state index contributed by atoms with van der Waals surface area (Å²) in [6.45, 7) is 7.46. The van der Waals surface area contributed by atoms with Gasteiger partial charge in [-0.1, -0.05) is 41.9 Å². The quantitative estimate of drug-likeness (QED) is 0.396. The normalized spacial score (nSPS) is 23.9. The average molecular weight is 622 g/mol. The van der Waals surface area contributed by atoms with Gasteiger partial charge in [-0.25, -0.2) is 14.4 Å². The van der Waals surface area contributed by atoms with E-state index in [-0.39, 0.29) is 24.0 Å². The van der Waals surface area contributed by atoms with E-state index in [1.807, 2.05) is 54.3 Å². The zero-order valence-electron chi connectivity index (χ0n) is 25.7. The predicted molar refractivity (Wildman–Crippen MR) is 172 cm³/mol. The van der Waals surface area contributed by atoms with Gasteiger partial charge in [0.15, 0.2) is 0 Å². The molecule has 44 heavy (non-hydrogen) atoms. The van der Waals surface area contributed by atoms with Crippen LogP contribution in [0.25, 0.3) is 0 Å². The Kier molecular flexibility index (Phi) is 9.74. The van der Waals surface area contributed by atoms with Gasteiger partial charge in [-0.05, 0) is 86.4 Å². The van der Waals surface area contributed by atoms with Crippen molar-refractivity contribution in [1.82, 2.24) is 20.4 Å². The second-order valence-corrected chi connectivity index (χ2v) is 13.5. The Morgan fingerprint density at radius 1 is 1.00 bits per heavy atom. The van der Waals surface area contributed by atoms with Gasteiger partial charge in [-0.15, -0.1) is 0 Å². The number of quaternary nitrogens is 1. The molecule has 1 unspecified atom stereocenters. The van der Waals surface area contributed by atoms with E-state index in [2.05, 4.69) is 16.0 Å². The summed E-state index contributed by atoms with van der Waals surface area (Å²) >= 11 is 6.29. The van der Waals surface area contributed by atoms with Gasteiger partial charge in [0.1, 0.15) is 6.04 Å². The number of rotatable bonds is 6. The Morgan fingerprint density at radius 3 is 2.43 bits per heavy atom. The Balaban J connectivity index is 1.08. The number of fused-ring (bicyclic) bond motifs is 1. The molecule has 4 aliphatic heterocycles. The van der Waals surface area contributed by atoms with Gasteiger partial charge >= 0.3 is 18.0 Å². The molecule has 0 bridgehead atoms. The maximum Gasteiger partial charge on any atom is 0.334 e. The number of carbonyl (C=O) groups is 3. The lowest BCUT2D eigenvalue weighted by molar-refractivity contribution is -0.828. The number of nitrogens with one attached hydrogen (secondary N) is 4. The molecular formula is C34H46ClN6O3+. The van der Waals surface area contributed by atoms with Crippen LogP contribution in [0.2, 0.25) is 5.02 Å². The fraction of sp³-hybridized carbons (Fsp3) is 0.559. The monoisotopic (exact) mass is 621 g/mol. The fourth-order valence-corrected chi connectivity index (χ4v) is 7.80. The molecule has 0 aliphatic carbocycles. The molecule has 10 heteroatoms. The van der Waals surface area contributed by atoms with Gasteiger partial charge in [-0.3, -0.25) is 4.90 Å². The molecular weight excluding hydrogens is 576 g/mol. The molecule has 0 aromatic heterocycles. The summed E-state index contributed by atoms with van der Waals surface area (Å²) < 4.78 is 0. The minimum atomic E-state index is -0.615. The van der Waals surface area contributed by atoms with E-state index >= 15 is 0 Å². The van der Waals surface area contributed by atoms with E-state index in [9.17, 15) is 14.4 Å². The summed E-state index contributed by atoms with van der Waals surface area (Å²) in [5, 5.41) is 10.3. The molecule has 4 aliphatic rings. The van der Waals surface area contributed by atoms with Crippen molar-refractivity contribution in [1.29, 1.82) is 0 Å². The molecule has 9 nitrogen and oxygen atoms in total. The smallest absolute Gasteiger partial charge is 0.325 e. The number of carbonyl (C=O) groups excluding carboxylic acids is 3. The van der Waals surface area contributed by atoms with Crippen molar-refractivity contribution in [3.8, 4) is 0 Å². The highest BCUT2D eigenvalue weighted by molar-refractivity contribution is 6.31. The molecule has 5 amide bonds. The van der Waals surface area contributed by atoms with Crippen LogP contribution in [0.15, 0.2) is 42.5 Å². The minimum Gasteiger partial charge on any atom is -0.325 e. The number of anilines is 1. The van der Waals surface area contributed by atoms with E-state index in [0.717, 1.165) is 72.2 Å². The number of aryl methyl sites for hydroxylation is 1. The number of urea groups is 2. The fourth-order valence-electron chi connectivity index (χ4n) is 7.69. The number of nitrogens with zero attached hydrogens (tertiary/aromatic N) is 2. The van der Waals surface area contributed by atoms with Crippen molar-refractivity contribution in [2.24, 2.45) is 11.8 Å². The van der Waals surface area contributed by atoms with Crippen LogP contribution in [0.4, 0.5) is 15.3 Å². The van der Waals surface area contributed by atoms with Crippen LogP contribution >= 0.6 is 11.6 Å². The van der Waals surface area contributed by atoms with Crippen LogP contribution in [0, 0.1) is 18.8 Å². The first kappa shape index (κ1) is 30.9. The summed E-state index contributed by atoms with van der Waals surface area (Å²) in [7, 11) is 0. The number of hydrogen-bond acceptors (Lipinski definition) is 4. The third-order valence-electron chi connectivity index (χ3n) is 10.4. The largest absolute Gasteiger partial charge is 0.334 e. The number of amides is 5. The van der Waals surface area contributed by atoms with Crippen molar-refractivity contribution in [2.45, 2.75) is 70.5 Å². The SMILES string of the molecule is Cc1cc(CC(NC(=O)N2CCC(N3Cc4ccccc4NC3=O)CC2)C(=O)[NH+]2CCC(C3CCNCC3)CC2)ccc1Cl. The first-order valence-electron chi connectivity index (χ1n) is 16.4. The van der Waals surface area contributed by atoms with E-state index in [4.69, 9.17) is 11.6 Å². The maximum atomic E-state index is 14.0. The second kappa shape index (κ2) is 13.9. The molecule has 0 radical (unpaired) electrons. The van der Waals surface area contributed by atoms with Gasteiger partial charge in [0.05, 0.1) is 13.1 Å². The minimum absolute atomic E-state index is 0.0626. The Morgan fingerprint density at radius 2 is 1.70 bits per heavy atom. The summed E-state index contributed by atoms with van der Waals surface area (Å²) in [6.07, 6.45) is 6.43. The molecule has 4 N–H and O–H groups in total. The van der Waals surface area contributed by atoms with Crippen molar-refractivity contribution < 1.29 is 19.3 Å². The van der Waals surface area contributed by atoms with Gasteiger partial charge in [0.25, 0.3) is 0 Å². The highest BCUT2D eigenvalue weighted by atomic mass is 35.5. The number of hydrogen-bond donors (Lipinski definition) is 4. The van der Waals surface area contributed by atoms with Gasteiger partial charge < -0.3 is 25.8 Å². The Labute approximate surface area is 265 Å². The lowest BCUT2D eigenvalue weighted by Gasteiger charge is -2.40. The zero-order valence-corrected chi connectivity index (χ0v) is 26.5. The van der Waals surface area contributed by atoms with Crippen LogP contribution in [0.5, 0.6) is 0 Å². The van der Waals surface area contributed by atoms with E-state index in [0.29, 0.717) is 49.8 Å². The van der Waals surface area contributed by atoms with Crippen LogP contribution in [0.3, 0.4) is 0 Å². The molecule has 2 aromatic carbocycles. The summed E-state index contributed by atoms with van der Waals surface area (Å²) in [6, 6.07) is 12.9. The van der Waals surface area contributed by atoms with Gasteiger partial charge in [0.2, 0.25) is 0 Å². The third kappa shape index (κ3) is 7.05. The molecule has 2 aromatic rings. The molecule has 6 rings (SSSR count). The third-order valence-corrected chi connectivity index (χ3v) is 10.8. The first-order chi connectivity index (χ1) is 21.4. The topological polar surface area (TPSA) is 98.2 Å². The zero-order chi connectivity index (χ0) is 30.6. The molecule has 3 saturated heterocycles. The first-order valence-corrected chi connectivity index (χ1v) is 16.8. The number of likely N-dealkylation sites (tertiary alicyclic amines) is 2. The van der Waals surface area contributed by atoms with Crippen LogP contribution in [-0.2, 0) is 17.8 Å². The van der Waals surface area contributed by atoms with Crippen molar-refractivity contribution in [2.75, 3.05) is 44.6 Å². The van der Waals surface area contributed by atoms with Crippen molar-refractivity contribution >= 4 is 35.3 Å². The van der Waals surface area contributed by atoms with Crippen LogP contribution < -0.4 is 20.9 Å². The van der Waals surface area contributed by atoms with Gasteiger partial charge in [-0.2, -0.15) is 0 Å². The molecule has 0 saturated carbocycles. The standard InChI is InChI=1S/C34H45ClN6O3/c1-23-20-24(6-7-29(23)35)21-31(32(42)39-16-10-26(11-17-39)25-8-14-36-15-9-25)38-33(43)40-18-12-28(13-19-40)41-22-27-4-2-3-5-30(27)37-34(41)44/h2-7,20,25-26,28,31,36H,8-19,21-22H2,1H3,(H,37,44)(H,38,43)/p+1. The predicted octanol–water partition coefficient (Wildman–Crippen LogP) is 3.60. The lowest BCUT2D eigenvalue weighted by atomic mass is 9.79. The van der Waals surface area contributed by atoms with Gasteiger partial charge in [0, 0.05) is 55.6 Å². The van der Waals surface area contributed by atoms with Crippen LogP contribution in [-0.4, -0.2) is 79.1 Å². The lowest BCUT2D eigenvalue weighted by Crippen LogP contribution is -3.17. The summed E-state index contributed by atoms with van der Waals surface area (Å²) in [5.41, 5.74) is 3.93. The van der Waals surface area contributed by atoms with E-state index < -0.39 is 6.04 Å². The highest BCUT2D eigenvalue weighted by Crippen LogP contribution is 2.29. The molecule has 0 spiro atoms. The molecule has 4 heterocycles. The summed E-state index contributed by atoms with van der Waals surface area (Å²) in [4.78, 5) is 45.1. The van der Waals surface area contributed by atoms with E-state index in [1.165, 1.54) is 12.8 Å². The average Bonchev–Trinajstić information content (AvgIpc) is 3.06. The highest BCUT2D eigenvalue weighted by Gasteiger charge is 2.38.